The molecule has 3 heterocycles. The minimum absolute atomic E-state index is 0.279. The largest absolute Gasteiger partial charge is 0.342 e. The number of carbonyl (C=O) groups excluding carboxylic acids is 1. The monoisotopic (exact) mass is 366 g/mol. The van der Waals surface area contributed by atoms with Crippen molar-refractivity contribution in [3.63, 3.8) is 0 Å². The molecule has 1 atom stereocenters. The Morgan fingerprint density at radius 1 is 1.26 bits per heavy atom. The molecule has 0 bridgehead atoms. The fourth-order valence-electron chi connectivity index (χ4n) is 5.19. The van der Waals surface area contributed by atoms with Crippen LogP contribution in [0.15, 0.2) is 18.2 Å². The van der Waals surface area contributed by atoms with Crippen molar-refractivity contribution < 1.29 is 4.79 Å². The minimum Gasteiger partial charge on any atom is -0.342 e. The van der Waals surface area contributed by atoms with Gasteiger partial charge in [0.25, 0.3) is 0 Å². The summed E-state index contributed by atoms with van der Waals surface area (Å²) < 4.78 is 0. The van der Waals surface area contributed by atoms with Crippen LogP contribution in [0, 0.1) is 18.3 Å². The molecule has 5 rings (SSSR count). The van der Waals surface area contributed by atoms with Crippen LogP contribution in [0.5, 0.6) is 0 Å². The molecular formula is C22H30N4O. The van der Waals surface area contributed by atoms with E-state index in [1.165, 1.54) is 51.7 Å². The third kappa shape index (κ3) is 3.62. The van der Waals surface area contributed by atoms with Crippen LogP contribution in [-0.2, 0) is 11.2 Å². The Labute approximate surface area is 161 Å². The van der Waals surface area contributed by atoms with Crippen molar-refractivity contribution in [1.82, 2.24) is 19.8 Å². The van der Waals surface area contributed by atoms with E-state index in [4.69, 9.17) is 0 Å². The van der Waals surface area contributed by atoms with Crippen LogP contribution in [0.3, 0.4) is 0 Å². The van der Waals surface area contributed by atoms with Crippen LogP contribution in [0.4, 0.5) is 0 Å². The number of imidazole rings is 1. The highest BCUT2D eigenvalue weighted by molar-refractivity contribution is 5.82. The number of carbonyl (C=O) groups is 1. The van der Waals surface area contributed by atoms with E-state index in [0.29, 0.717) is 11.8 Å². The molecular weight excluding hydrogens is 336 g/mol. The van der Waals surface area contributed by atoms with Crippen molar-refractivity contribution in [2.45, 2.75) is 45.4 Å². The van der Waals surface area contributed by atoms with Crippen molar-refractivity contribution >= 4 is 16.9 Å². The van der Waals surface area contributed by atoms with Crippen LogP contribution in [-0.4, -0.2) is 58.4 Å². The van der Waals surface area contributed by atoms with Gasteiger partial charge in [-0.2, -0.15) is 0 Å². The molecule has 1 saturated carbocycles. The number of H-pyrrole nitrogens is 1. The average Bonchev–Trinajstić information content (AvgIpc) is 3.23. The third-order valence-corrected chi connectivity index (χ3v) is 6.76. The fraction of sp³-hybridized carbons (Fsp3) is 0.636. The van der Waals surface area contributed by atoms with Crippen molar-refractivity contribution in [2.75, 3.05) is 32.7 Å². The molecule has 144 valence electrons. The van der Waals surface area contributed by atoms with Gasteiger partial charge in [-0.1, -0.05) is 6.07 Å². The second-order valence-corrected chi connectivity index (χ2v) is 9.20. The second kappa shape index (κ2) is 6.62. The summed E-state index contributed by atoms with van der Waals surface area (Å²) >= 11 is 0. The van der Waals surface area contributed by atoms with Gasteiger partial charge < -0.3 is 14.8 Å². The molecule has 3 fully saturated rings. The van der Waals surface area contributed by atoms with Gasteiger partial charge in [0.2, 0.25) is 5.91 Å². The van der Waals surface area contributed by atoms with E-state index >= 15 is 0 Å². The van der Waals surface area contributed by atoms with E-state index in [2.05, 4.69) is 25.8 Å². The number of amides is 1. The van der Waals surface area contributed by atoms with E-state index < -0.39 is 0 Å². The SMILES string of the molecule is Cc1nc2ccc(CC(=O)N3CC[C@]4(CCCN(CC5CC5)C4)C3)cc2[nH]1. The Balaban J connectivity index is 1.22. The zero-order valence-electron chi connectivity index (χ0n) is 16.3. The number of nitrogens with one attached hydrogen (secondary N) is 1. The molecule has 1 amide bonds. The number of aromatic amines is 1. The number of piperidine rings is 1. The van der Waals surface area contributed by atoms with Gasteiger partial charge in [0.15, 0.2) is 0 Å². The number of aromatic nitrogens is 2. The van der Waals surface area contributed by atoms with Gasteiger partial charge in [0.05, 0.1) is 17.5 Å². The molecule has 2 saturated heterocycles. The van der Waals surface area contributed by atoms with Crippen LogP contribution in [0.25, 0.3) is 11.0 Å². The van der Waals surface area contributed by atoms with Gasteiger partial charge in [-0.05, 0) is 69.2 Å². The number of hydrogen-bond donors (Lipinski definition) is 1. The summed E-state index contributed by atoms with van der Waals surface area (Å²) in [5.74, 6) is 2.16. The number of benzene rings is 1. The Hall–Kier alpha value is -1.88. The molecule has 3 aliphatic rings. The lowest BCUT2D eigenvalue weighted by Crippen LogP contribution is -2.46. The quantitative estimate of drug-likeness (QED) is 0.904. The maximum Gasteiger partial charge on any atom is 0.227 e. The molecule has 0 radical (unpaired) electrons. The van der Waals surface area contributed by atoms with Gasteiger partial charge in [0.1, 0.15) is 5.82 Å². The highest BCUT2D eigenvalue weighted by Gasteiger charge is 2.43. The van der Waals surface area contributed by atoms with Crippen LogP contribution >= 0.6 is 0 Å². The first-order valence-corrected chi connectivity index (χ1v) is 10.5. The number of nitrogens with zero attached hydrogens (tertiary/aromatic N) is 3. The van der Waals surface area contributed by atoms with Crippen LogP contribution in [0.1, 0.15) is 43.5 Å². The van der Waals surface area contributed by atoms with E-state index in [0.717, 1.165) is 41.4 Å². The molecule has 1 aromatic heterocycles. The Bertz CT molecular complexity index is 855. The van der Waals surface area contributed by atoms with Gasteiger partial charge in [-0.15, -0.1) is 0 Å². The minimum atomic E-state index is 0.279. The molecule has 1 aromatic carbocycles. The molecule has 2 aliphatic heterocycles. The smallest absolute Gasteiger partial charge is 0.227 e. The number of fused-ring (bicyclic) bond motifs is 1. The molecule has 1 aliphatic carbocycles. The number of likely N-dealkylation sites (tertiary alicyclic amines) is 2. The summed E-state index contributed by atoms with van der Waals surface area (Å²) in [4.78, 5) is 25.5. The van der Waals surface area contributed by atoms with E-state index in [-0.39, 0.29) is 5.91 Å². The summed E-state index contributed by atoms with van der Waals surface area (Å²) in [5, 5.41) is 0. The van der Waals surface area contributed by atoms with Gasteiger partial charge in [-0.3, -0.25) is 4.79 Å². The Morgan fingerprint density at radius 2 is 2.15 bits per heavy atom. The maximum atomic E-state index is 12.9. The number of rotatable bonds is 4. The molecule has 27 heavy (non-hydrogen) atoms. The lowest BCUT2D eigenvalue weighted by atomic mass is 9.79. The summed E-state index contributed by atoms with van der Waals surface area (Å²) in [7, 11) is 0. The Kier molecular flexibility index (Phi) is 4.23. The zero-order chi connectivity index (χ0) is 18.4. The summed E-state index contributed by atoms with van der Waals surface area (Å²) in [6.07, 6.45) is 7.11. The van der Waals surface area contributed by atoms with Gasteiger partial charge in [0, 0.05) is 31.6 Å². The molecule has 1 spiro atoms. The maximum absolute atomic E-state index is 12.9. The van der Waals surface area contributed by atoms with E-state index in [9.17, 15) is 4.79 Å². The molecule has 5 nitrogen and oxygen atoms in total. The zero-order valence-corrected chi connectivity index (χ0v) is 16.3. The summed E-state index contributed by atoms with van der Waals surface area (Å²) in [6, 6.07) is 6.14. The Morgan fingerprint density at radius 3 is 3.00 bits per heavy atom. The normalized spacial score (nSPS) is 26.3. The number of aryl methyl sites for hydroxylation is 1. The third-order valence-electron chi connectivity index (χ3n) is 6.76. The summed E-state index contributed by atoms with van der Waals surface area (Å²) in [6.45, 7) is 7.60. The van der Waals surface area contributed by atoms with Crippen LogP contribution in [0.2, 0.25) is 0 Å². The highest BCUT2D eigenvalue weighted by atomic mass is 16.2. The van der Waals surface area contributed by atoms with Crippen molar-refractivity contribution in [3.05, 3.63) is 29.6 Å². The predicted molar refractivity (Wildman–Crippen MR) is 107 cm³/mol. The van der Waals surface area contributed by atoms with E-state index in [1.54, 1.807) is 0 Å². The van der Waals surface area contributed by atoms with Crippen molar-refractivity contribution in [1.29, 1.82) is 0 Å². The van der Waals surface area contributed by atoms with Crippen LogP contribution < -0.4 is 0 Å². The van der Waals surface area contributed by atoms with Gasteiger partial charge in [-0.25, -0.2) is 4.98 Å². The van der Waals surface area contributed by atoms with Crippen molar-refractivity contribution in [3.8, 4) is 0 Å². The topological polar surface area (TPSA) is 52.2 Å². The second-order valence-electron chi connectivity index (χ2n) is 9.20. The first-order valence-electron chi connectivity index (χ1n) is 10.5. The molecule has 2 aromatic rings. The predicted octanol–water partition coefficient (Wildman–Crippen LogP) is 3.14. The standard InChI is InChI=1S/C22H30N4O/c1-16-23-19-6-5-18(11-20(19)24-16)12-21(27)26-10-8-22(15-26)7-2-9-25(14-22)13-17-3-4-17/h5-6,11,17H,2-4,7-10,12-15H2,1H3,(H,23,24)/t22-/m0/s1. The lowest BCUT2D eigenvalue weighted by molar-refractivity contribution is -0.130. The molecule has 0 unspecified atom stereocenters. The first-order chi connectivity index (χ1) is 13.1. The first kappa shape index (κ1) is 17.2. The van der Waals surface area contributed by atoms with E-state index in [1.807, 2.05) is 19.1 Å². The molecule has 5 heteroatoms. The van der Waals surface area contributed by atoms with Gasteiger partial charge >= 0.3 is 0 Å². The summed E-state index contributed by atoms with van der Waals surface area (Å²) in [5.41, 5.74) is 3.43. The number of hydrogen-bond acceptors (Lipinski definition) is 3. The van der Waals surface area contributed by atoms with Crippen molar-refractivity contribution in [2.24, 2.45) is 11.3 Å². The fourth-order valence-corrected chi connectivity index (χ4v) is 5.19. The lowest BCUT2D eigenvalue weighted by Gasteiger charge is -2.40. The average molecular weight is 367 g/mol. The highest BCUT2D eigenvalue weighted by Crippen LogP contribution is 2.40. The molecule has 1 N–H and O–H groups in total.